The minimum atomic E-state index is -0.816. The second-order valence-electron chi connectivity index (χ2n) is 4.49. The van der Waals surface area contributed by atoms with E-state index < -0.39 is 12.0 Å². The molecule has 0 spiro atoms. The van der Waals surface area contributed by atoms with Gasteiger partial charge in [0.2, 0.25) is 0 Å². The number of benzene rings is 2. The van der Waals surface area contributed by atoms with Crippen molar-refractivity contribution in [2.75, 3.05) is 0 Å². The highest BCUT2D eigenvalue weighted by Gasteiger charge is 2.25. The summed E-state index contributed by atoms with van der Waals surface area (Å²) in [6, 6.07) is 16.5. The van der Waals surface area contributed by atoms with Gasteiger partial charge in [-0.15, -0.1) is 0 Å². The van der Waals surface area contributed by atoms with Crippen LogP contribution >= 0.6 is 15.9 Å². The van der Waals surface area contributed by atoms with Crippen LogP contribution in [0.15, 0.2) is 59.1 Å². The van der Waals surface area contributed by atoms with Crippen molar-refractivity contribution in [3.63, 3.8) is 0 Å². The average molecular weight is 319 g/mol. The lowest BCUT2D eigenvalue weighted by molar-refractivity contribution is 0.0712. The number of Topliss-reactive ketones (excluding diaryl/α,β-unsaturated/α-hetero) is 1. The van der Waals surface area contributed by atoms with E-state index in [2.05, 4.69) is 15.9 Å². The third-order valence-corrected chi connectivity index (χ3v) is 3.89. The molecule has 0 saturated carbocycles. The SMILES string of the molecule is CC(C(=O)c1ccccc1)C(O)c1ccccc1Br. The van der Waals surface area contributed by atoms with Crippen LogP contribution in [0, 0.1) is 5.92 Å². The summed E-state index contributed by atoms with van der Waals surface area (Å²) in [6.07, 6.45) is -0.816. The van der Waals surface area contributed by atoms with Gasteiger partial charge in [0.05, 0.1) is 6.10 Å². The molecule has 0 fully saturated rings. The summed E-state index contributed by atoms with van der Waals surface area (Å²) in [5, 5.41) is 10.4. The Bertz CT molecular complexity index is 566. The summed E-state index contributed by atoms with van der Waals surface area (Å²) in [7, 11) is 0. The van der Waals surface area contributed by atoms with Crippen LogP contribution in [0.2, 0.25) is 0 Å². The lowest BCUT2D eigenvalue weighted by atomic mass is 9.90. The Labute approximate surface area is 121 Å². The summed E-state index contributed by atoms with van der Waals surface area (Å²) in [4.78, 5) is 12.3. The predicted octanol–water partition coefficient (Wildman–Crippen LogP) is 4.00. The van der Waals surface area contributed by atoms with E-state index in [1.807, 2.05) is 42.5 Å². The number of aliphatic hydroxyl groups excluding tert-OH is 1. The third-order valence-electron chi connectivity index (χ3n) is 3.17. The largest absolute Gasteiger partial charge is 0.388 e. The Morgan fingerprint density at radius 2 is 1.63 bits per heavy atom. The van der Waals surface area contributed by atoms with Crippen molar-refractivity contribution in [2.24, 2.45) is 5.92 Å². The first-order valence-corrected chi connectivity index (χ1v) is 6.92. The quantitative estimate of drug-likeness (QED) is 0.865. The molecular formula is C16H15BrO2. The Morgan fingerprint density at radius 3 is 2.26 bits per heavy atom. The molecule has 0 aliphatic rings. The first-order chi connectivity index (χ1) is 9.11. The van der Waals surface area contributed by atoms with Crippen LogP contribution in [0.4, 0.5) is 0 Å². The summed E-state index contributed by atoms with van der Waals surface area (Å²) in [5.41, 5.74) is 1.36. The van der Waals surface area contributed by atoms with Crippen LogP contribution in [-0.2, 0) is 0 Å². The van der Waals surface area contributed by atoms with E-state index in [1.54, 1.807) is 19.1 Å². The fraction of sp³-hybridized carbons (Fsp3) is 0.188. The van der Waals surface area contributed by atoms with E-state index in [0.717, 1.165) is 10.0 Å². The van der Waals surface area contributed by atoms with Crippen LogP contribution in [0.1, 0.15) is 28.9 Å². The Hall–Kier alpha value is -1.45. The van der Waals surface area contributed by atoms with Gasteiger partial charge in [-0.1, -0.05) is 71.4 Å². The fourth-order valence-electron chi connectivity index (χ4n) is 1.99. The van der Waals surface area contributed by atoms with Gasteiger partial charge >= 0.3 is 0 Å². The monoisotopic (exact) mass is 318 g/mol. The van der Waals surface area contributed by atoms with Gasteiger partial charge in [0.1, 0.15) is 0 Å². The number of hydrogen-bond acceptors (Lipinski definition) is 2. The molecule has 19 heavy (non-hydrogen) atoms. The van der Waals surface area contributed by atoms with Crippen molar-refractivity contribution in [1.82, 2.24) is 0 Å². The van der Waals surface area contributed by atoms with Gasteiger partial charge in [0.15, 0.2) is 5.78 Å². The predicted molar refractivity (Wildman–Crippen MR) is 79.0 cm³/mol. The van der Waals surface area contributed by atoms with Gasteiger partial charge in [-0.25, -0.2) is 0 Å². The smallest absolute Gasteiger partial charge is 0.168 e. The maximum atomic E-state index is 12.3. The van der Waals surface area contributed by atoms with Crippen molar-refractivity contribution in [3.05, 3.63) is 70.2 Å². The number of halogens is 1. The van der Waals surface area contributed by atoms with Gasteiger partial charge < -0.3 is 5.11 Å². The zero-order valence-corrected chi connectivity index (χ0v) is 12.2. The molecule has 3 heteroatoms. The molecule has 1 N–H and O–H groups in total. The molecule has 98 valence electrons. The van der Waals surface area contributed by atoms with Gasteiger partial charge in [-0.3, -0.25) is 4.79 Å². The molecule has 0 heterocycles. The highest BCUT2D eigenvalue weighted by atomic mass is 79.9. The van der Waals surface area contributed by atoms with Crippen LogP contribution in [0.5, 0.6) is 0 Å². The van der Waals surface area contributed by atoms with Crippen molar-refractivity contribution in [1.29, 1.82) is 0 Å². The average Bonchev–Trinajstić information content (AvgIpc) is 2.46. The van der Waals surface area contributed by atoms with Crippen molar-refractivity contribution < 1.29 is 9.90 Å². The summed E-state index contributed by atoms with van der Waals surface area (Å²) < 4.78 is 0.815. The highest BCUT2D eigenvalue weighted by Crippen LogP contribution is 2.30. The first-order valence-electron chi connectivity index (χ1n) is 6.13. The van der Waals surface area contributed by atoms with Crippen LogP contribution in [0.3, 0.4) is 0 Å². The van der Waals surface area contributed by atoms with E-state index in [4.69, 9.17) is 0 Å². The van der Waals surface area contributed by atoms with Crippen LogP contribution in [0.25, 0.3) is 0 Å². The molecule has 2 rings (SSSR count). The molecule has 0 saturated heterocycles. The third kappa shape index (κ3) is 3.11. The van der Waals surface area contributed by atoms with Crippen LogP contribution < -0.4 is 0 Å². The number of hydrogen-bond donors (Lipinski definition) is 1. The zero-order chi connectivity index (χ0) is 13.8. The molecule has 2 aromatic rings. The molecule has 0 aromatic heterocycles. The van der Waals surface area contributed by atoms with Gasteiger partial charge in [-0.05, 0) is 11.6 Å². The van der Waals surface area contributed by atoms with E-state index in [9.17, 15) is 9.90 Å². The van der Waals surface area contributed by atoms with Crippen molar-refractivity contribution in [3.8, 4) is 0 Å². The molecule has 2 aromatic carbocycles. The summed E-state index contributed by atoms with van der Waals surface area (Å²) >= 11 is 3.40. The summed E-state index contributed by atoms with van der Waals surface area (Å²) in [5.74, 6) is -0.537. The minimum Gasteiger partial charge on any atom is -0.388 e. The van der Waals surface area contributed by atoms with Gasteiger partial charge in [-0.2, -0.15) is 0 Å². The zero-order valence-electron chi connectivity index (χ0n) is 10.6. The van der Waals surface area contributed by atoms with Gasteiger partial charge in [0, 0.05) is 16.0 Å². The van der Waals surface area contributed by atoms with E-state index in [0.29, 0.717) is 5.56 Å². The lowest BCUT2D eigenvalue weighted by Crippen LogP contribution is -2.19. The molecule has 0 radical (unpaired) electrons. The molecule has 0 bridgehead atoms. The van der Waals surface area contributed by atoms with Crippen LogP contribution in [-0.4, -0.2) is 10.9 Å². The Kier molecular flexibility index (Phi) is 4.51. The molecule has 2 atom stereocenters. The molecular weight excluding hydrogens is 304 g/mol. The standard InChI is InChI=1S/C16H15BrO2/c1-11(15(18)12-7-3-2-4-8-12)16(19)13-9-5-6-10-14(13)17/h2-11,16,19H,1H3. The normalized spacial score (nSPS) is 13.8. The topological polar surface area (TPSA) is 37.3 Å². The molecule has 0 aliphatic heterocycles. The van der Waals surface area contributed by atoms with E-state index in [1.165, 1.54) is 0 Å². The number of rotatable bonds is 4. The minimum absolute atomic E-state index is 0.0520. The van der Waals surface area contributed by atoms with E-state index in [-0.39, 0.29) is 5.78 Å². The second kappa shape index (κ2) is 6.13. The lowest BCUT2D eigenvalue weighted by Gasteiger charge is -2.19. The van der Waals surface area contributed by atoms with Crippen molar-refractivity contribution >= 4 is 21.7 Å². The fourth-order valence-corrected chi connectivity index (χ4v) is 2.51. The molecule has 2 unspecified atom stereocenters. The maximum Gasteiger partial charge on any atom is 0.168 e. The summed E-state index contributed by atoms with van der Waals surface area (Å²) in [6.45, 7) is 1.75. The van der Waals surface area contributed by atoms with E-state index >= 15 is 0 Å². The number of ketones is 1. The first kappa shape index (κ1) is 14.0. The second-order valence-corrected chi connectivity index (χ2v) is 5.34. The molecule has 0 amide bonds. The maximum absolute atomic E-state index is 12.3. The highest BCUT2D eigenvalue weighted by molar-refractivity contribution is 9.10. The Morgan fingerprint density at radius 1 is 1.05 bits per heavy atom. The van der Waals surface area contributed by atoms with Crippen molar-refractivity contribution in [2.45, 2.75) is 13.0 Å². The number of carbonyl (C=O) groups is 1. The van der Waals surface area contributed by atoms with Gasteiger partial charge in [0.25, 0.3) is 0 Å². The molecule has 2 nitrogen and oxygen atoms in total. The Balaban J connectivity index is 2.23. The number of aliphatic hydroxyl groups is 1. The molecule has 0 aliphatic carbocycles. The number of carbonyl (C=O) groups excluding carboxylic acids is 1.